The van der Waals surface area contributed by atoms with Gasteiger partial charge in [0.05, 0.1) is 0 Å². The summed E-state index contributed by atoms with van der Waals surface area (Å²) in [6, 6.07) is 17.8. The van der Waals surface area contributed by atoms with Crippen molar-refractivity contribution in [2.45, 2.75) is 91.5 Å². The second-order valence-corrected chi connectivity index (χ2v) is 12.2. The summed E-state index contributed by atoms with van der Waals surface area (Å²) in [5.41, 5.74) is 2.75. The van der Waals surface area contributed by atoms with Crippen LogP contribution in [0.15, 0.2) is 60.7 Å². The molecule has 4 rings (SSSR count). The number of benzene rings is 3. The highest BCUT2D eigenvalue weighted by atomic mass is 16.6. The summed E-state index contributed by atoms with van der Waals surface area (Å²) in [6.45, 7) is 13.3. The Morgan fingerprint density at radius 2 is 1.66 bits per heavy atom. The summed E-state index contributed by atoms with van der Waals surface area (Å²) in [7, 11) is 0. The van der Waals surface area contributed by atoms with Gasteiger partial charge in [-0.15, -0.1) is 0 Å². The van der Waals surface area contributed by atoms with Gasteiger partial charge < -0.3 is 20.3 Å². The maximum atomic E-state index is 14.4. The third-order valence-electron chi connectivity index (χ3n) is 7.83. The standard InChI is InChI=1S/C34H43N3O4/c1-8-21(2)29(36-33(40)41-34(5,6)7)32(39)37(27-18-19-27)30(28-15-11-12-22(3)23(28)4)31(38)35-26-17-16-24-13-9-10-14-25(24)20-26/h9-17,20-21,27,29-30H,8,18-19H2,1-7H3,(H,35,38)(H,36,40). The van der Waals surface area contributed by atoms with E-state index in [9.17, 15) is 14.4 Å². The molecular formula is C34H43N3O4. The quantitative estimate of drug-likeness (QED) is 0.295. The number of rotatable bonds is 9. The summed E-state index contributed by atoms with van der Waals surface area (Å²) in [6.07, 6.45) is 1.63. The van der Waals surface area contributed by atoms with Gasteiger partial charge in [-0.25, -0.2) is 4.79 Å². The Labute approximate surface area is 243 Å². The third kappa shape index (κ3) is 7.26. The van der Waals surface area contributed by atoms with Crippen LogP contribution in [0.25, 0.3) is 10.8 Å². The van der Waals surface area contributed by atoms with Crippen molar-refractivity contribution in [3.05, 3.63) is 77.4 Å². The van der Waals surface area contributed by atoms with Crippen LogP contribution >= 0.6 is 0 Å². The molecule has 3 aromatic carbocycles. The first-order valence-corrected chi connectivity index (χ1v) is 14.6. The number of anilines is 1. The molecule has 1 aliphatic carbocycles. The van der Waals surface area contributed by atoms with Crippen molar-refractivity contribution in [2.75, 3.05) is 5.32 Å². The lowest BCUT2D eigenvalue weighted by atomic mass is 9.92. The summed E-state index contributed by atoms with van der Waals surface area (Å²) in [5, 5.41) is 8.05. The zero-order chi connectivity index (χ0) is 29.9. The molecule has 2 N–H and O–H groups in total. The molecule has 1 aliphatic rings. The molecular weight excluding hydrogens is 514 g/mol. The van der Waals surface area contributed by atoms with Crippen LogP contribution in [0.1, 0.15) is 76.6 Å². The van der Waals surface area contributed by atoms with E-state index < -0.39 is 23.8 Å². The average Bonchev–Trinajstić information content (AvgIpc) is 3.75. The van der Waals surface area contributed by atoms with Gasteiger partial charge >= 0.3 is 6.09 Å². The van der Waals surface area contributed by atoms with Crippen LogP contribution in [-0.2, 0) is 14.3 Å². The van der Waals surface area contributed by atoms with Gasteiger partial charge in [-0.2, -0.15) is 0 Å². The number of hydrogen-bond acceptors (Lipinski definition) is 4. The van der Waals surface area contributed by atoms with Gasteiger partial charge in [0.15, 0.2) is 0 Å². The number of ether oxygens (including phenoxy) is 1. The molecule has 218 valence electrons. The Balaban J connectivity index is 1.74. The number of nitrogens with zero attached hydrogens (tertiary/aromatic N) is 1. The molecule has 3 aromatic rings. The van der Waals surface area contributed by atoms with Crippen molar-refractivity contribution in [2.24, 2.45) is 5.92 Å². The summed E-state index contributed by atoms with van der Waals surface area (Å²) < 4.78 is 5.51. The van der Waals surface area contributed by atoms with Crippen molar-refractivity contribution < 1.29 is 19.1 Å². The fourth-order valence-corrected chi connectivity index (χ4v) is 5.11. The predicted octanol–water partition coefficient (Wildman–Crippen LogP) is 7.07. The number of fused-ring (bicyclic) bond motifs is 1. The largest absolute Gasteiger partial charge is 0.444 e. The fraction of sp³-hybridized carbons (Fsp3) is 0.441. The molecule has 1 saturated carbocycles. The molecule has 41 heavy (non-hydrogen) atoms. The lowest BCUT2D eigenvalue weighted by molar-refractivity contribution is -0.142. The second-order valence-electron chi connectivity index (χ2n) is 12.2. The van der Waals surface area contributed by atoms with E-state index in [1.54, 1.807) is 25.7 Å². The van der Waals surface area contributed by atoms with Gasteiger partial charge in [-0.05, 0) is 93.0 Å². The molecule has 0 heterocycles. The average molecular weight is 558 g/mol. The molecule has 7 heteroatoms. The lowest BCUT2D eigenvalue weighted by Gasteiger charge is -2.37. The zero-order valence-electron chi connectivity index (χ0n) is 25.3. The number of carbonyl (C=O) groups is 3. The van der Waals surface area contributed by atoms with Crippen molar-refractivity contribution in [1.29, 1.82) is 0 Å². The SMILES string of the molecule is CCC(C)C(NC(=O)OC(C)(C)C)C(=O)N(C1CC1)C(C(=O)Nc1ccc2ccccc2c1)c1cccc(C)c1C. The van der Waals surface area contributed by atoms with Crippen LogP contribution < -0.4 is 10.6 Å². The van der Waals surface area contributed by atoms with E-state index in [0.29, 0.717) is 12.1 Å². The summed E-state index contributed by atoms with van der Waals surface area (Å²) in [4.78, 5) is 43.2. The minimum atomic E-state index is -0.867. The van der Waals surface area contributed by atoms with E-state index in [1.165, 1.54) is 0 Å². The van der Waals surface area contributed by atoms with Crippen LogP contribution in [0.2, 0.25) is 0 Å². The minimum Gasteiger partial charge on any atom is -0.444 e. The van der Waals surface area contributed by atoms with Gasteiger partial charge in [0.2, 0.25) is 5.91 Å². The number of aryl methyl sites for hydroxylation is 1. The fourth-order valence-electron chi connectivity index (χ4n) is 5.11. The van der Waals surface area contributed by atoms with Gasteiger partial charge in [0.25, 0.3) is 5.91 Å². The Morgan fingerprint density at radius 3 is 2.29 bits per heavy atom. The first kappa shape index (κ1) is 30.1. The van der Waals surface area contributed by atoms with Gasteiger partial charge in [0.1, 0.15) is 17.7 Å². The van der Waals surface area contributed by atoms with Gasteiger partial charge in [-0.1, -0.05) is 68.8 Å². The molecule has 0 saturated heterocycles. The van der Waals surface area contributed by atoms with E-state index in [-0.39, 0.29) is 23.8 Å². The zero-order valence-corrected chi connectivity index (χ0v) is 25.3. The predicted molar refractivity (Wildman–Crippen MR) is 164 cm³/mol. The molecule has 3 atom stereocenters. The first-order chi connectivity index (χ1) is 19.4. The number of carbonyl (C=O) groups excluding carboxylic acids is 3. The molecule has 0 spiro atoms. The second kappa shape index (κ2) is 12.3. The third-order valence-corrected chi connectivity index (χ3v) is 7.83. The highest BCUT2D eigenvalue weighted by molar-refractivity contribution is 6.01. The Morgan fingerprint density at radius 1 is 0.976 bits per heavy atom. The van der Waals surface area contributed by atoms with Crippen LogP contribution in [0.3, 0.4) is 0 Å². The highest BCUT2D eigenvalue weighted by Gasteiger charge is 2.45. The topological polar surface area (TPSA) is 87.7 Å². The smallest absolute Gasteiger partial charge is 0.408 e. The minimum absolute atomic E-state index is 0.0956. The molecule has 0 bridgehead atoms. The molecule has 0 radical (unpaired) electrons. The Hall–Kier alpha value is -3.87. The highest BCUT2D eigenvalue weighted by Crippen LogP contribution is 2.38. The maximum Gasteiger partial charge on any atom is 0.408 e. The number of amides is 3. The molecule has 3 amide bonds. The first-order valence-electron chi connectivity index (χ1n) is 14.6. The molecule has 0 aliphatic heterocycles. The van der Waals surface area contributed by atoms with Crippen LogP contribution in [0.5, 0.6) is 0 Å². The normalized spacial score (nSPS) is 15.5. The number of hydrogen-bond donors (Lipinski definition) is 2. The van der Waals surface area contributed by atoms with E-state index in [0.717, 1.165) is 40.3 Å². The van der Waals surface area contributed by atoms with Crippen LogP contribution in [0.4, 0.5) is 10.5 Å². The molecule has 7 nitrogen and oxygen atoms in total. The van der Waals surface area contributed by atoms with Crippen molar-refractivity contribution in [3.63, 3.8) is 0 Å². The summed E-state index contributed by atoms with van der Waals surface area (Å²) >= 11 is 0. The molecule has 1 fully saturated rings. The van der Waals surface area contributed by atoms with E-state index in [2.05, 4.69) is 10.6 Å². The molecule has 0 aromatic heterocycles. The molecule has 3 unspecified atom stereocenters. The van der Waals surface area contributed by atoms with Gasteiger partial charge in [-0.3, -0.25) is 9.59 Å². The van der Waals surface area contributed by atoms with Crippen molar-refractivity contribution >= 4 is 34.4 Å². The summed E-state index contributed by atoms with van der Waals surface area (Å²) in [5.74, 6) is -0.722. The Bertz CT molecular complexity index is 1420. The monoisotopic (exact) mass is 557 g/mol. The van der Waals surface area contributed by atoms with Gasteiger partial charge in [0, 0.05) is 11.7 Å². The number of alkyl carbamates (subject to hydrolysis) is 1. The van der Waals surface area contributed by atoms with Crippen molar-refractivity contribution in [1.82, 2.24) is 10.2 Å². The van der Waals surface area contributed by atoms with Crippen LogP contribution in [-0.4, -0.2) is 40.5 Å². The maximum absolute atomic E-state index is 14.4. The Kier molecular flexibility index (Phi) is 9.05. The number of nitrogens with one attached hydrogen (secondary N) is 2. The van der Waals surface area contributed by atoms with E-state index in [1.807, 2.05) is 88.4 Å². The van der Waals surface area contributed by atoms with E-state index in [4.69, 9.17) is 4.74 Å². The van der Waals surface area contributed by atoms with Crippen LogP contribution in [0, 0.1) is 19.8 Å². The van der Waals surface area contributed by atoms with E-state index >= 15 is 0 Å². The van der Waals surface area contributed by atoms with Crippen molar-refractivity contribution in [3.8, 4) is 0 Å². The lowest BCUT2D eigenvalue weighted by Crippen LogP contribution is -2.55.